The van der Waals surface area contributed by atoms with Crippen LogP contribution in [0.15, 0.2) is 23.9 Å². The van der Waals surface area contributed by atoms with E-state index in [1.807, 2.05) is 4.90 Å². The summed E-state index contributed by atoms with van der Waals surface area (Å²) in [5.74, 6) is 0.212. The first-order chi connectivity index (χ1) is 9.24. The van der Waals surface area contributed by atoms with Crippen molar-refractivity contribution in [3.63, 3.8) is 0 Å². The largest absolute Gasteiger partial charge is 0.369 e. The van der Waals surface area contributed by atoms with Crippen LogP contribution < -0.4 is 0 Å². The van der Waals surface area contributed by atoms with E-state index in [0.717, 1.165) is 45.7 Å². The third kappa shape index (κ3) is 2.68. The van der Waals surface area contributed by atoms with Gasteiger partial charge in [-0.15, -0.1) is 0 Å². The Morgan fingerprint density at radius 3 is 2.53 bits per heavy atom. The van der Waals surface area contributed by atoms with E-state index in [-0.39, 0.29) is 5.91 Å². The van der Waals surface area contributed by atoms with E-state index in [4.69, 9.17) is 0 Å². The lowest BCUT2D eigenvalue weighted by Crippen LogP contribution is -2.63. The van der Waals surface area contributed by atoms with Gasteiger partial charge < -0.3 is 9.80 Å². The number of carbonyl (C=O) groups is 1. The van der Waals surface area contributed by atoms with E-state index in [1.165, 1.54) is 5.70 Å². The fourth-order valence-corrected chi connectivity index (χ4v) is 3.03. The van der Waals surface area contributed by atoms with Crippen LogP contribution in [0.3, 0.4) is 0 Å². The predicted molar refractivity (Wildman–Crippen MR) is 75.3 cm³/mol. The van der Waals surface area contributed by atoms with Gasteiger partial charge >= 0.3 is 0 Å². The second-order valence-corrected chi connectivity index (χ2v) is 5.56. The Bertz CT molecular complexity index is 402. The molecule has 0 aromatic carbocycles. The van der Waals surface area contributed by atoms with E-state index >= 15 is 0 Å². The maximum absolute atomic E-state index is 11.2. The summed E-state index contributed by atoms with van der Waals surface area (Å²) in [4.78, 5) is 18.1. The topological polar surface area (TPSA) is 26.8 Å². The highest BCUT2D eigenvalue weighted by Crippen LogP contribution is 2.20. The highest BCUT2D eigenvalue weighted by atomic mass is 16.2. The van der Waals surface area contributed by atoms with Gasteiger partial charge in [0.15, 0.2) is 0 Å². The molecule has 0 N–H and O–H groups in total. The van der Waals surface area contributed by atoms with Gasteiger partial charge in [-0.25, -0.2) is 0 Å². The zero-order chi connectivity index (χ0) is 13.2. The summed E-state index contributed by atoms with van der Waals surface area (Å²) in [6.07, 6.45) is 9.90. The molecule has 2 heterocycles. The maximum atomic E-state index is 11.2. The first kappa shape index (κ1) is 12.7. The maximum Gasteiger partial charge on any atom is 0.219 e. The van der Waals surface area contributed by atoms with Crippen LogP contribution in [0.2, 0.25) is 0 Å². The van der Waals surface area contributed by atoms with Crippen molar-refractivity contribution in [1.29, 1.82) is 0 Å². The summed E-state index contributed by atoms with van der Waals surface area (Å²) in [5.41, 5.74) is 1.38. The van der Waals surface area contributed by atoms with E-state index in [9.17, 15) is 4.79 Å². The third-order valence-corrected chi connectivity index (χ3v) is 4.37. The number of rotatable bonds is 2. The highest BCUT2D eigenvalue weighted by molar-refractivity contribution is 5.74. The highest BCUT2D eigenvalue weighted by Gasteiger charge is 2.34. The summed E-state index contributed by atoms with van der Waals surface area (Å²) in [5, 5.41) is 0. The number of likely N-dealkylation sites (tertiary alicyclic amines) is 1. The number of carbonyl (C=O) groups excluding carboxylic acids is 1. The van der Waals surface area contributed by atoms with Gasteiger partial charge in [0.2, 0.25) is 5.91 Å². The predicted octanol–water partition coefficient (Wildman–Crippen LogP) is 0.883. The summed E-state index contributed by atoms with van der Waals surface area (Å²) < 4.78 is 0. The summed E-state index contributed by atoms with van der Waals surface area (Å²) in [6, 6.07) is 0.593. The van der Waals surface area contributed by atoms with E-state index in [1.54, 1.807) is 6.92 Å². The molecule has 3 rings (SSSR count). The van der Waals surface area contributed by atoms with Gasteiger partial charge in [0.05, 0.1) is 0 Å². The second-order valence-electron chi connectivity index (χ2n) is 5.56. The van der Waals surface area contributed by atoms with Gasteiger partial charge in [-0.2, -0.15) is 0 Å². The lowest BCUT2D eigenvalue weighted by Gasteiger charge is -2.48. The minimum absolute atomic E-state index is 0.212. The van der Waals surface area contributed by atoms with Crippen LogP contribution >= 0.6 is 0 Å². The van der Waals surface area contributed by atoms with Crippen LogP contribution in [-0.2, 0) is 4.79 Å². The minimum Gasteiger partial charge on any atom is -0.369 e. The first-order valence-corrected chi connectivity index (χ1v) is 7.18. The molecule has 2 fully saturated rings. The number of hydrogen-bond acceptors (Lipinski definition) is 3. The SMILES string of the molecule is CC(=O)N1CC(N2CCN(C3=CC[CH]C=C3)CC2)C1. The van der Waals surface area contributed by atoms with Crippen molar-refractivity contribution in [2.24, 2.45) is 0 Å². The molecule has 0 aromatic heterocycles. The van der Waals surface area contributed by atoms with Crippen molar-refractivity contribution in [1.82, 2.24) is 14.7 Å². The third-order valence-electron chi connectivity index (χ3n) is 4.37. The average Bonchev–Trinajstić information content (AvgIpc) is 2.38. The number of amides is 1. The molecule has 0 saturated carbocycles. The fraction of sp³-hybridized carbons (Fsp3) is 0.600. The molecule has 1 aliphatic carbocycles. The first-order valence-electron chi connectivity index (χ1n) is 7.18. The number of allylic oxidation sites excluding steroid dienone is 3. The summed E-state index contributed by atoms with van der Waals surface area (Å²) >= 11 is 0. The van der Waals surface area contributed by atoms with Gasteiger partial charge in [-0.05, 0) is 18.9 Å². The molecule has 2 aliphatic heterocycles. The molecule has 0 bridgehead atoms. The molecule has 103 valence electrons. The molecule has 0 atom stereocenters. The Morgan fingerprint density at radius 1 is 1.21 bits per heavy atom. The molecule has 3 aliphatic rings. The molecule has 1 radical (unpaired) electrons. The molecular formula is C15H22N3O. The number of piperazine rings is 1. The molecule has 4 nitrogen and oxygen atoms in total. The van der Waals surface area contributed by atoms with Gasteiger partial charge in [-0.1, -0.05) is 12.2 Å². The Morgan fingerprint density at radius 2 is 1.95 bits per heavy atom. The lowest BCUT2D eigenvalue weighted by atomic mass is 10.1. The molecule has 0 spiro atoms. The Labute approximate surface area is 115 Å². The monoisotopic (exact) mass is 260 g/mol. The van der Waals surface area contributed by atoms with Crippen LogP contribution in [0, 0.1) is 6.42 Å². The van der Waals surface area contributed by atoms with Gasteiger partial charge in [0.25, 0.3) is 0 Å². The molecule has 1 amide bonds. The number of nitrogens with zero attached hydrogens (tertiary/aromatic N) is 3. The zero-order valence-electron chi connectivity index (χ0n) is 11.6. The Kier molecular flexibility index (Phi) is 3.60. The molecule has 0 unspecified atom stereocenters. The van der Waals surface area contributed by atoms with Crippen LogP contribution in [0.1, 0.15) is 13.3 Å². The van der Waals surface area contributed by atoms with Crippen molar-refractivity contribution in [3.05, 3.63) is 30.3 Å². The lowest BCUT2D eigenvalue weighted by molar-refractivity contribution is -0.136. The van der Waals surface area contributed by atoms with Crippen LogP contribution in [-0.4, -0.2) is 65.9 Å². The van der Waals surface area contributed by atoms with Gasteiger partial charge in [-0.3, -0.25) is 9.69 Å². The van der Waals surface area contributed by atoms with Crippen LogP contribution in [0.4, 0.5) is 0 Å². The van der Waals surface area contributed by atoms with E-state index in [0.29, 0.717) is 6.04 Å². The van der Waals surface area contributed by atoms with Crippen molar-refractivity contribution in [2.75, 3.05) is 39.3 Å². The molecular weight excluding hydrogens is 238 g/mol. The summed E-state index contributed by atoms with van der Waals surface area (Å²) in [7, 11) is 0. The smallest absolute Gasteiger partial charge is 0.219 e. The Balaban J connectivity index is 1.47. The quantitative estimate of drug-likeness (QED) is 0.737. The number of hydrogen-bond donors (Lipinski definition) is 0. The van der Waals surface area contributed by atoms with E-state index < -0.39 is 0 Å². The standard InChI is InChI=1S/C15H22N3O/c1-13(19)18-11-15(12-18)17-9-7-16(8-10-17)14-5-3-2-4-6-14/h2-3,5-6,15H,4,7-12H2,1H3. The van der Waals surface area contributed by atoms with Gasteiger partial charge in [0.1, 0.15) is 0 Å². The van der Waals surface area contributed by atoms with E-state index in [2.05, 4.69) is 34.4 Å². The molecule has 2 saturated heterocycles. The van der Waals surface area contributed by atoms with Gasteiger partial charge in [0, 0.05) is 57.9 Å². The minimum atomic E-state index is 0.212. The summed E-state index contributed by atoms with van der Waals surface area (Å²) in [6.45, 7) is 7.95. The van der Waals surface area contributed by atoms with Crippen LogP contribution in [0.5, 0.6) is 0 Å². The molecule has 19 heavy (non-hydrogen) atoms. The average molecular weight is 260 g/mol. The second kappa shape index (κ2) is 5.37. The zero-order valence-corrected chi connectivity index (χ0v) is 11.6. The fourth-order valence-electron chi connectivity index (χ4n) is 3.03. The van der Waals surface area contributed by atoms with Crippen molar-refractivity contribution in [3.8, 4) is 0 Å². The van der Waals surface area contributed by atoms with Crippen LogP contribution in [0.25, 0.3) is 0 Å². The van der Waals surface area contributed by atoms with Crippen molar-refractivity contribution < 1.29 is 4.79 Å². The molecule has 4 heteroatoms. The molecule has 0 aromatic rings. The normalized spacial score (nSPS) is 25.2. The van der Waals surface area contributed by atoms with Crippen molar-refractivity contribution >= 4 is 5.91 Å². The Hall–Kier alpha value is -1.29. The van der Waals surface area contributed by atoms with Crippen molar-refractivity contribution in [2.45, 2.75) is 19.4 Å².